The highest BCUT2D eigenvalue weighted by Crippen LogP contribution is 2.14. The molecule has 0 radical (unpaired) electrons. The van der Waals surface area contributed by atoms with Crippen molar-refractivity contribution in [3.05, 3.63) is 35.6 Å². The summed E-state index contributed by atoms with van der Waals surface area (Å²) in [6.45, 7) is 1.40. The molecule has 0 saturated carbocycles. The SMILES string of the molecule is CB(O)NC(C(=O)O)c1cccc(F)c1. The van der Waals surface area contributed by atoms with Gasteiger partial charge in [0.1, 0.15) is 11.9 Å². The number of nitrogens with one attached hydrogen (secondary N) is 1. The van der Waals surface area contributed by atoms with E-state index in [2.05, 4.69) is 5.23 Å². The van der Waals surface area contributed by atoms with E-state index < -0.39 is 24.9 Å². The predicted molar refractivity (Wildman–Crippen MR) is 53.7 cm³/mol. The van der Waals surface area contributed by atoms with E-state index in [-0.39, 0.29) is 5.56 Å². The maximum Gasteiger partial charge on any atom is 0.374 e. The lowest BCUT2D eigenvalue weighted by Crippen LogP contribution is -2.38. The van der Waals surface area contributed by atoms with E-state index in [1.807, 2.05) is 0 Å². The average Bonchev–Trinajstić information content (AvgIpc) is 2.13. The van der Waals surface area contributed by atoms with E-state index >= 15 is 0 Å². The van der Waals surface area contributed by atoms with Crippen LogP contribution in [0.4, 0.5) is 4.39 Å². The minimum absolute atomic E-state index is 0.267. The van der Waals surface area contributed by atoms with Crippen LogP contribution < -0.4 is 5.23 Å². The Labute approximate surface area is 86.9 Å². The van der Waals surface area contributed by atoms with Crippen LogP contribution in [0.5, 0.6) is 0 Å². The molecule has 0 saturated heterocycles. The second-order valence-corrected chi connectivity index (χ2v) is 3.17. The number of benzene rings is 1. The Kier molecular flexibility index (Phi) is 3.82. The minimum Gasteiger partial charge on any atom is -0.480 e. The fourth-order valence-corrected chi connectivity index (χ4v) is 1.24. The summed E-state index contributed by atoms with van der Waals surface area (Å²) in [6, 6.07) is 4.14. The highest BCUT2D eigenvalue weighted by molar-refractivity contribution is 6.45. The molecule has 1 aromatic carbocycles. The van der Waals surface area contributed by atoms with Gasteiger partial charge >= 0.3 is 13.0 Å². The van der Waals surface area contributed by atoms with Crippen LogP contribution in [0.2, 0.25) is 6.82 Å². The van der Waals surface area contributed by atoms with Crippen LogP contribution in [-0.2, 0) is 4.79 Å². The van der Waals surface area contributed by atoms with E-state index in [1.54, 1.807) is 0 Å². The quantitative estimate of drug-likeness (QED) is 0.639. The van der Waals surface area contributed by atoms with Crippen LogP contribution in [0.1, 0.15) is 11.6 Å². The van der Waals surface area contributed by atoms with Crippen LogP contribution in [-0.4, -0.2) is 23.2 Å². The van der Waals surface area contributed by atoms with Gasteiger partial charge in [-0.2, -0.15) is 0 Å². The molecule has 6 heteroatoms. The maximum absolute atomic E-state index is 12.8. The molecule has 4 nitrogen and oxygen atoms in total. The third-order valence-electron chi connectivity index (χ3n) is 1.84. The van der Waals surface area contributed by atoms with Crippen LogP contribution in [0.15, 0.2) is 24.3 Å². The molecule has 15 heavy (non-hydrogen) atoms. The van der Waals surface area contributed by atoms with Gasteiger partial charge in [-0.15, -0.1) is 0 Å². The first-order valence-corrected chi connectivity index (χ1v) is 4.43. The van der Waals surface area contributed by atoms with Gasteiger partial charge in [-0.3, -0.25) is 4.79 Å². The Morgan fingerprint density at radius 1 is 1.60 bits per heavy atom. The molecule has 0 aromatic heterocycles. The fourth-order valence-electron chi connectivity index (χ4n) is 1.24. The third kappa shape index (κ3) is 3.34. The van der Waals surface area contributed by atoms with Crippen molar-refractivity contribution in [3.8, 4) is 0 Å². The monoisotopic (exact) mass is 211 g/mol. The summed E-state index contributed by atoms with van der Waals surface area (Å²) in [5, 5.41) is 20.3. The van der Waals surface area contributed by atoms with Gasteiger partial charge in [-0.25, -0.2) is 4.39 Å². The second kappa shape index (κ2) is 4.90. The van der Waals surface area contributed by atoms with Crippen molar-refractivity contribution in [3.63, 3.8) is 0 Å². The van der Waals surface area contributed by atoms with Gasteiger partial charge in [-0.1, -0.05) is 12.1 Å². The molecule has 3 N–H and O–H groups in total. The van der Waals surface area contributed by atoms with Gasteiger partial charge in [0, 0.05) is 0 Å². The zero-order valence-electron chi connectivity index (χ0n) is 8.14. The highest BCUT2D eigenvalue weighted by Gasteiger charge is 2.22. The van der Waals surface area contributed by atoms with E-state index in [0.717, 1.165) is 6.07 Å². The number of halogens is 1. The van der Waals surface area contributed by atoms with Gasteiger partial charge in [-0.05, 0) is 24.5 Å². The second-order valence-electron chi connectivity index (χ2n) is 3.17. The lowest BCUT2D eigenvalue weighted by Gasteiger charge is -2.15. The van der Waals surface area contributed by atoms with Gasteiger partial charge < -0.3 is 15.4 Å². The van der Waals surface area contributed by atoms with Gasteiger partial charge in [0.2, 0.25) is 0 Å². The molecule has 0 heterocycles. The first-order valence-electron chi connectivity index (χ1n) is 4.43. The average molecular weight is 211 g/mol. The summed E-state index contributed by atoms with van der Waals surface area (Å²) in [5.41, 5.74) is 0.267. The molecule has 0 aliphatic rings. The van der Waals surface area contributed by atoms with Crippen LogP contribution in [0.3, 0.4) is 0 Å². The Balaban J connectivity index is 2.94. The lowest BCUT2D eigenvalue weighted by molar-refractivity contribution is -0.139. The van der Waals surface area contributed by atoms with Crippen molar-refractivity contribution < 1.29 is 19.3 Å². The molecule has 0 fully saturated rings. The summed E-state index contributed by atoms with van der Waals surface area (Å²) in [4.78, 5) is 10.9. The number of rotatable bonds is 4. The Hall–Kier alpha value is -1.40. The molecular formula is C9H11BFNO3. The van der Waals surface area contributed by atoms with Crippen molar-refractivity contribution in [2.45, 2.75) is 12.9 Å². The summed E-state index contributed by atoms with van der Waals surface area (Å²) in [6.07, 6.45) is 0. The number of carboxylic acid groups (broad SMARTS) is 1. The molecule has 1 aromatic rings. The van der Waals surface area contributed by atoms with Crippen molar-refractivity contribution in [1.82, 2.24) is 5.23 Å². The first-order chi connectivity index (χ1) is 7.00. The van der Waals surface area contributed by atoms with Crippen LogP contribution in [0.25, 0.3) is 0 Å². The summed E-state index contributed by atoms with van der Waals surface area (Å²) in [5.74, 6) is -1.67. The maximum atomic E-state index is 12.8. The van der Waals surface area contributed by atoms with Crippen molar-refractivity contribution >= 4 is 13.0 Å². The molecule has 1 atom stereocenters. The largest absolute Gasteiger partial charge is 0.480 e. The third-order valence-corrected chi connectivity index (χ3v) is 1.84. The molecule has 0 amide bonds. The smallest absolute Gasteiger partial charge is 0.374 e. The molecule has 1 unspecified atom stereocenters. The molecule has 0 bridgehead atoms. The zero-order valence-corrected chi connectivity index (χ0v) is 8.14. The standard InChI is InChI=1S/C9H11BFNO3/c1-10(15)12-8(9(13)14)6-3-2-4-7(11)5-6/h2-5,8,12,15H,1H3,(H,13,14). The Morgan fingerprint density at radius 3 is 2.73 bits per heavy atom. The van der Waals surface area contributed by atoms with Gasteiger partial charge in [0.05, 0.1) is 0 Å². The molecule has 1 rings (SSSR count). The molecular weight excluding hydrogens is 200 g/mol. The lowest BCUT2D eigenvalue weighted by atomic mass is 9.86. The minimum atomic E-state index is -1.17. The van der Waals surface area contributed by atoms with Gasteiger partial charge in [0.15, 0.2) is 0 Å². The highest BCUT2D eigenvalue weighted by atomic mass is 19.1. The summed E-state index contributed by atoms with van der Waals surface area (Å²) >= 11 is 0. The fraction of sp³-hybridized carbons (Fsp3) is 0.222. The van der Waals surface area contributed by atoms with E-state index in [4.69, 9.17) is 10.1 Å². The number of carboxylic acids is 1. The van der Waals surface area contributed by atoms with E-state index in [0.29, 0.717) is 0 Å². The van der Waals surface area contributed by atoms with Crippen molar-refractivity contribution in [1.29, 1.82) is 0 Å². The molecule has 0 spiro atoms. The molecule has 0 aliphatic carbocycles. The van der Waals surface area contributed by atoms with Gasteiger partial charge in [0.25, 0.3) is 0 Å². The molecule has 0 aliphatic heterocycles. The molecule has 80 valence electrons. The van der Waals surface area contributed by atoms with Crippen molar-refractivity contribution in [2.75, 3.05) is 0 Å². The van der Waals surface area contributed by atoms with E-state index in [9.17, 15) is 9.18 Å². The summed E-state index contributed by atoms with van der Waals surface area (Å²) < 4.78 is 12.8. The number of hydrogen-bond acceptors (Lipinski definition) is 3. The van der Waals surface area contributed by atoms with Crippen LogP contribution >= 0.6 is 0 Å². The number of aliphatic carboxylic acids is 1. The Morgan fingerprint density at radius 2 is 2.27 bits per heavy atom. The Bertz CT molecular complexity index is 359. The van der Waals surface area contributed by atoms with Crippen molar-refractivity contribution in [2.24, 2.45) is 0 Å². The van der Waals surface area contributed by atoms with E-state index in [1.165, 1.54) is 25.0 Å². The topological polar surface area (TPSA) is 69.6 Å². The predicted octanol–water partition coefficient (Wildman–Crippen LogP) is 0.651. The number of carbonyl (C=O) groups is 1. The number of hydrogen-bond donors (Lipinski definition) is 3. The van der Waals surface area contributed by atoms with Crippen LogP contribution in [0, 0.1) is 5.82 Å². The normalized spacial score (nSPS) is 12.2. The summed E-state index contributed by atoms with van der Waals surface area (Å²) in [7, 11) is -0.977. The zero-order chi connectivity index (χ0) is 11.4. The first kappa shape index (κ1) is 11.7.